The standard InChI is InChI=1S/C19H18N2O/c20-16-10-6-14(7-11-16)19(22)15-8-12-18(13-9-15)21-17-4-2-1-3-5-17/h1-13,19,21-22H,20H2. The Morgan fingerprint density at radius 3 is 1.77 bits per heavy atom. The maximum atomic E-state index is 10.4. The van der Waals surface area contributed by atoms with Gasteiger partial charge in [-0.15, -0.1) is 0 Å². The summed E-state index contributed by atoms with van der Waals surface area (Å²) in [6.45, 7) is 0. The number of nitrogen functional groups attached to an aromatic ring is 1. The molecule has 0 saturated heterocycles. The molecular weight excluding hydrogens is 272 g/mol. The molecule has 0 radical (unpaired) electrons. The maximum Gasteiger partial charge on any atom is 0.104 e. The van der Waals surface area contributed by atoms with Crippen LogP contribution in [0.25, 0.3) is 0 Å². The number of aliphatic hydroxyl groups excluding tert-OH is 1. The Kier molecular flexibility index (Phi) is 4.08. The van der Waals surface area contributed by atoms with Gasteiger partial charge in [0.05, 0.1) is 0 Å². The van der Waals surface area contributed by atoms with Gasteiger partial charge in [-0.05, 0) is 47.5 Å². The summed E-state index contributed by atoms with van der Waals surface area (Å²) in [6.07, 6.45) is -0.647. The van der Waals surface area contributed by atoms with E-state index in [1.54, 1.807) is 12.1 Å². The smallest absolute Gasteiger partial charge is 0.104 e. The fraction of sp³-hybridized carbons (Fsp3) is 0.0526. The highest BCUT2D eigenvalue weighted by Crippen LogP contribution is 2.25. The number of nitrogens with one attached hydrogen (secondary N) is 1. The van der Waals surface area contributed by atoms with Crippen molar-refractivity contribution in [3.05, 3.63) is 90.0 Å². The Bertz CT molecular complexity index is 722. The van der Waals surface area contributed by atoms with Gasteiger partial charge in [0.1, 0.15) is 6.10 Å². The van der Waals surface area contributed by atoms with E-state index in [1.807, 2.05) is 66.7 Å². The summed E-state index contributed by atoms with van der Waals surface area (Å²) >= 11 is 0. The van der Waals surface area contributed by atoms with Crippen molar-refractivity contribution < 1.29 is 5.11 Å². The van der Waals surface area contributed by atoms with Crippen molar-refractivity contribution in [2.75, 3.05) is 11.1 Å². The second-order valence-electron chi connectivity index (χ2n) is 5.18. The number of benzene rings is 3. The fourth-order valence-electron chi connectivity index (χ4n) is 2.31. The Balaban J connectivity index is 1.75. The van der Waals surface area contributed by atoms with Crippen molar-refractivity contribution in [2.45, 2.75) is 6.10 Å². The minimum Gasteiger partial charge on any atom is -0.399 e. The van der Waals surface area contributed by atoms with Crippen LogP contribution in [-0.2, 0) is 0 Å². The Morgan fingerprint density at radius 1 is 0.682 bits per heavy atom. The lowest BCUT2D eigenvalue weighted by Crippen LogP contribution is -2.00. The van der Waals surface area contributed by atoms with Crippen molar-refractivity contribution in [1.82, 2.24) is 0 Å². The highest BCUT2D eigenvalue weighted by molar-refractivity contribution is 5.59. The summed E-state index contributed by atoms with van der Waals surface area (Å²) in [5.41, 5.74) is 10.1. The number of nitrogens with two attached hydrogens (primary N) is 1. The molecule has 110 valence electrons. The van der Waals surface area contributed by atoms with Crippen molar-refractivity contribution >= 4 is 17.1 Å². The molecule has 0 aromatic heterocycles. The van der Waals surface area contributed by atoms with Crippen LogP contribution in [-0.4, -0.2) is 5.11 Å². The molecule has 3 nitrogen and oxygen atoms in total. The number of rotatable bonds is 4. The zero-order chi connectivity index (χ0) is 15.4. The third kappa shape index (κ3) is 3.27. The van der Waals surface area contributed by atoms with Crippen molar-refractivity contribution in [3.8, 4) is 0 Å². The number of aliphatic hydroxyl groups is 1. The summed E-state index contributed by atoms with van der Waals surface area (Å²) in [4.78, 5) is 0. The van der Waals surface area contributed by atoms with Crippen LogP contribution in [0.1, 0.15) is 17.2 Å². The number of anilines is 3. The first kappa shape index (κ1) is 14.2. The van der Waals surface area contributed by atoms with Crippen LogP contribution in [0.2, 0.25) is 0 Å². The zero-order valence-electron chi connectivity index (χ0n) is 12.1. The predicted molar refractivity (Wildman–Crippen MR) is 91.1 cm³/mol. The van der Waals surface area contributed by atoms with Gasteiger partial charge in [0.2, 0.25) is 0 Å². The van der Waals surface area contributed by atoms with Gasteiger partial charge in [-0.25, -0.2) is 0 Å². The van der Waals surface area contributed by atoms with E-state index in [0.717, 1.165) is 22.5 Å². The summed E-state index contributed by atoms with van der Waals surface area (Å²) in [5.74, 6) is 0. The van der Waals surface area contributed by atoms with Gasteiger partial charge in [-0.3, -0.25) is 0 Å². The first-order valence-corrected chi connectivity index (χ1v) is 7.18. The highest BCUT2D eigenvalue weighted by atomic mass is 16.3. The minimum atomic E-state index is -0.647. The predicted octanol–water partition coefficient (Wildman–Crippen LogP) is 4.09. The summed E-state index contributed by atoms with van der Waals surface area (Å²) in [7, 11) is 0. The summed E-state index contributed by atoms with van der Waals surface area (Å²) in [6, 6.07) is 25.0. The SMILES string of the molecule is Nc1ccc(C(O)c2ccc(Nc3ccccc3)cc2)cc1. The van der Waals surface area contributed by atoms with Gasteiger partial charge in [0.25, 0.3) is 0 Å². The second-order valence-corrected chi connectivity index (χ2v) is 5.18. The van der Waals surface area contributed by atoms with Crippen LogP contribution < -0.4 is 11.1 Å². The Morgan fingerprint density at radius 2 is 1.18 bits per heavy atom. The van der Waals surface area contributed by atoms with E-state index in [2.05, 4.69) is 5.32 Å². The molecule has 0 aliphatic carbocycles. The molecule has 0 amide bonds. The van der Waals surface area contributed by atoms with Crippen LogP contribution in [0, 0.1) is 0 Å². The molecule has 4 N–H and O–H groups in total. The van der Waals surface area contributed by atoms with Gasteiger partial charge in [-0.2, -0.15) is 0 Å². The van der Waals surface area contributed by atoms with Crippen molar-refractivity contribution in [3.63, 3.8) is 0 Å². The molecule has 0 aliphatic rings. The van der Waals surface area contributed by atoms with E-state index in [4.69, 9.17) is 5.73 Å². The van der Waals surface area contributed by atoms with Gasteiger partial charge < -0.3 is 16.2 Å². The lowest BCUT2D eigenvalue weighted by molar-refractivity contribution is 0.220. The van der Waals surface area contributed by atoms with Gasteiger partial charge in [-0.1, -0.05) is 42.5 Å². The van der Waals surface area contributed by atoms with Crippen LogP contribution in [0.3, 0.4) is 0 Å². The first-order valence-electron chi connectivity index (χ1n) is 7.18. The number of hydrogen-bond acceptors (Lipinski definition) is 3. The van der Waals surface area contributed by atoms with Gasteiger partial charge in [0, 0.05) is 17.1 Å². The van der Waals surface area contributed by atoms with E-state index in [-0.39, 0.29) is 0 Å². The Hall–Kier alpha value is -2.78. The van der Waals surface area contributed by atoms with Crippen molar-refractivity contribution in [2.24, 2.45) is 0 Å². The lowest BCUT2D eigenvalue weighted by atomic mass is 10.0. The lowest BCUT2D eigenvalue weighted by Gasteiger charge is -2.13. The van der Waals surface area contributed by atoms with Crippen LogP contribution in [0.15, 0.2) is 78.9 Å². The van der Waals surface area contributed by atoms with Crippen LogP contribution >= 0.6 is 0 Å². The number of hydrogen-bond donors (Lipinski definition) is 3. The molecule has 0 aliphatic heterocycles. The average Bonchev–Trinajstić information content (AvgIpc) is 2.57. The molecule has 1 atom stereocenters. The summed E-state index contributed by atoms with van der Waals surface area (Å²) < 4.78 is 0. The van der Waals surface area contributed by atoms with E-state index >= 15 is 0 Å². The highest BCUT2D eigenvalue weighted by Gasteiger charge is 2.10. The summed E-state index contributed by atoms with van der Waals surface area (Å²) in [5, 5.41) is 13.7. The molecule has 0 fully saturated rings. The minimum absolute atomic E-state index is 0.647. The maximum absolute atomic E-state index is 10.4. The molecule has 3 heteroatoms. The quantitative estimate of drug-likeness (QED) is 0.634. The zero-order valence-corrected chi connectivity index (χ0v) is 12.1. The second kappa shape index (κ2) is 6.33. The van der Waals surface area contributed by atoms with Gasteiger partial charge >= 0.3 is 0 Å². The molecule has 3 aromatic carbocycles. The van der Waals surface area contributed by atoms with E-state index in [0.29, 0.717) is 5.69 Å². The molecule has 0 bridgehead atoms. The van der Waals surface area contributed by atoms with E-state index in [1.165, 1.54) is 0 Å². The number of para-hydroxylation sites is 1. The van der Waals surface area contributed by atoms with Crippen LogP contribution in [0.4, 0.5) is 17.1 Å². The topological polar surface area (TPSA) is 58.3 Å². The third-order valence-electron chi connectivity index (χ3n) is 3.54. The van der Waals surface area contributed by atoms with Gasteiger partial charge in [0.15, 0.2) is 0 Å². The molecule has 0 spiro atoms. The van der Waals surface area contributed by atoms with E-state index < -0.39 is 6.10 Å². The largest absolute Gasteiger partial charge is 0.399 e. The third-order valence-corrected chi connectivity index (χ3v) is 3.54. The first-order chi connectivity index (χ1) is 10.7. The molecule has 22 heavy (non-hydrogen) atoms. The molecule has 0 saturated carbocycles. The molecule has 1 unspecified atom stereocenters. The van der Waals surface area contributed by atoms with Crippen LogP contribution in [0.5, 0.6) is 0 Å². The molecular formula is C19H18N2O. The molecule has 0 heterocycles. The molecule has 3 rings (SSSR count). The normalized spacial score (nSPS) is 11.9. The average molecular weight is 290 g/mol. The van der Waals surface area contributed by atoms with E-state index in [9.17, 15) is 5.11 Å². The van der Waals surface area contributed by atoms with Crippen molar-refractivity contribution in [1.29, 1.82) is 0 Å². The Labute approximate surface area is 130 Å². The molecule has 3 aromatic rings. The fourth-order valence-corrected chi connectivity index (χ4v) is 2.31. The monoisotopic (exact) mass is 290 g/mol.